The molecule has 0 saturated carbocycles. The summed E-state index contributed by atoms with van der Waals surface area (Å²) in [5.74, 6) is 0.852. The highest BCUT2D eigenvalue weighted by molar-refractivity contribution is 5.94. The van der Waals surface area contributed by atoms with Crippen LogP contribution in [0.2, 0.25) is 0 Å². The van der Waals surface area contributed by atoms with E-state index in [1.807, 2.05) is 37.4 Å². The zero-order valence-corrected chi connectivity index (χ0v) is 18.4. The van der Waals surface area contributed by atoms with Crippen LogP contribution in [-0.2, 0) is 19.5 Å². The molecular weight excluding hydrogens is 380 g/mol. The molecule has 4 rings (SSSR count). The van der Waals surface area contributed by atoms with Crippen LogP contribution in [0.5, 0.6) is 0 Å². The van der Waals surface area contributed by atoms with E-state index in [0.717, 1.165) is 36.7 Å². The molecule has 0 aromatic heterocycles. The quantitative estimate of drug-likeness (QED) is 0.518. The third-order valence-electron chi connectivity index (χ3n) is 6.26. The lowest BCUT2D eigenvalue weighted by Gasteiger charge is -2.32. The van der Waals surface area contributed by atoms with Gasteiger partial charge in [0.2, 0.25) is 0 Å². The summed E-state index contributed by atoms with van der Waals surface area (Å²) in [6, 6.07) is 29.1. The Morgan fingerprint density at radius 3 is 2.13 bits per heavy atom. The minimum atomic E-state index is 0.0762. The first-order chi connectivity index (χ1) is 15.2. The van der Waals surface area contributed by atoms with Gasteiger partial charge in [0.1, 0.15) is 0 Å². The van der Waals surface area contributed by atoms with Crippen molar-refractivity contribution >= 4 is 5.91 Å². The standard InChI is InChI=1S/C28H32N2O/c1-29(21-25-11-6-3-7-12-25)28(31)27-14-8-13-26(20-27)22-30-17-15-24(16-18-30)19-23-9-4-2-5-10-23/h2-14,20,24H,15-19,21-22H2,1H3. The third kappa shape index (κ3) is 6.05. The van der Waals surface area contributed by atoms with Crippen LogP contribution in [0.4, 0.5) is 0 Å². The number of nitrogens with zero attached hydrogens (tertiary/aromatic N) is 2. The molecule has 0 atom stereocenters. The average Bonchev–Trinajstić information content (AvgIpc) is 2.81. The normalized spacial score (nSPS) is 15.0. The first-order valence-corrected chi connectivity index (χ1v) is 11.3. The van der Waals surface area contributed by atoms with E-state index in [1.165, 1.54) is 30.4 Å². The lowest BCUT2D eigenvalue weighted by molar-refractivity contribution is 0.0785. The van der Waals surface area contributed by atoms with Gasteiger partial charge in [-0.15, -0.1) is 0 Å². The van der Waals surface area contributed by atoms with E-state index in [-0.39, 0.29) is 5.91 Å². The fourth-order valence-electron chi connectivity index (χ4n) is 4.51. The molecule has 1 amide bonds. The summed E-state index contributed by atoms with van der Waals surface area (Å²) in [7, 11) is 1.87. The summed E-state index contributed by atoms with van der Waals surface area (Å²) in [5, 5.41) is 0. The highest BCUT2D eigenvalue weighted by atomic mass is 16.2. The van der Waals surface area contributed by atoms with Gasteiger partial charge in [0.05, 0.1) is 0 Å². The molecule has 0 aliphatic carbocycles. The first kappa shape index (κ1) is 21.3. The van der Waals surface area contributed by atoms with Crippen molar-refractivity contribution in [3.05, 3.63) is 107 Å². The second-order valence-electron chi connectivity index (χ2n) is 8.76. The Morgan fingerprint density at radius 2 is 1.45 bits per heavy atom. The number of likely N-dealkylation sites (tertiary alicyclic amines) is 1. The minimum Gasteiger partial charge on any atom is -0.337 e. The number of amides is 1. The molecule has 3 aromatic rings. The van der Waals surface area contributed by atoms with Gasteiger partial charge in [-0.3, -0.25) is 9.69 Å². The zero-order chi connectivity index (χ0) is 21.5. The van der Waals surface area contributed by atoms with E-state index in [9.17, 15) is 4.79 Å². The van der Waals surface area contributed by atoms with Crippen molar-refractivity contribution < 1.29 is 4.79 Å². The van der Waals surface area contributed by atoms with E-state index < -0.39 is 0 Å². The van der Waals surface area contributed by atoms with Crippen LogP contribution >= 0.6 is 0 Å². The molecule has 1 aliphatic rings. The Morgan fingerprint density at radius 1 is 0.839 bits per heavy atom. The number of carbonyl (C=O) groups excluding carboxylic acids is 1. The predicted octanol–water partition coefficient (Wildman–Crippen LogP) is 5.41. The van der Waals surface area contributed by atoms with Crippen molar-refractivity contribution in [2.45, 2.75) is 32.4 Å². The van der Waals surface area contributed by atoms with Crippen LogP contribution in [0, 0.1) is 5.92 Å². The van der Waals surface area contributed by atoms with Gasteiger partial charge < -0.3 is 4.90 Å². The SMILES string of the molecule is CN(Cc1ccccc1)C(=O)c1cccc(CN2CCC(Cc3ccccc3)CC2)c1. The molecule has 31 heavy (non-hydrogen) atoms. The van der Waals surface area contributed by atoms with E-state index in [2.05, 4.69) is 59.5 Å². The van der Waals surface area contributed by atoms with Crippen LogP contribution in [0.25, 0.3) is 0 Å². The largest absolute Gasteiger partial charge is 0.337 e. The molecule has 3 aromatic carbocycles. The van der Waals surface area contributed by atoms with Crippen molar-refractivity contribution in [1.29, 1.82) is 0 Å². The van der Waals surface area contributed by atoms with Gasteiger partial charge in [-0.05, 0) is 67.1 Å². The van der Waals surface area contributed by atoms with Crippen LogP contribution < -0.4 is 0 Å². The summed E-state index contributed by atoms with van der Waals surface area (Å²) in [6.45, 7) is 3.80. The Balaban J connectivity index is 1.30. The molecule has 160 valence electrons. The Hall–Kier alpha value is -2.91. The molecule has 0 radical (unpaired) electrons. The Bertz CT molecular complexity index is 963. The van der Waals surface area contributed by atoms with E-state index >= 15 is 0 Å². The molecule has 3 heteroatoms. The average molecular weight is 413 g/mol. The Labute approximate surface area is 186 Å². The lowest BCUT2D eigenvalue weighted by Crippen LogP contribution is -2.34. The van der Waals surface area contributed by atoms with Crippen LogP contribution in [0.3, 0.4) is 0 Å². The predicted molar refractivity (Wildman–Crippen MR) is 127 cm³/mol. The molecule has 1 heterocycles. The van der Waals surface area contributed by atoms with Crippen LogP contribution in [0.1, 0.15) is 39.9 Å². The van der Waals surface area contributed by atoms with Crippen molar-refractivity contribution in [1.82, 2.24) is 9.80 Å². The molecular formula is C28H32N2O. The van der Waals surface area contributed by atoms with Crippen molar-refractivity contribution in [2.24, 2.45) is 5.92 Å². The maximum Gasteiger partial charge on any atom is 0.253 e. The highest BCUT2D eigenvalue weighted by Gasteiger charge is 2.20. The number of benzene rings is 3. The molecule has 0 bridgehead atoms. The van der Waals surface area contributed by atoms with Gasteiger partial charge in [-0.25, -0.2) is 0 Å². The van der Waals surface area contributed by atoms with Gasteiger partial charge >= 0.3 is 0 Å². The number of hydrogen-bond donors (Lipinski definition) is 0. The van der Waals surface area contributed by atoms with E-state index in [4.69, 9.17) is 0 Å². The Kier molecular flexibility index (Phi) is 7.16. The van der Waals surface area contributed by atoms with Gasteiger partial charge in [-0.1, -0.05) is 72.8 Å². The number of rotatable bonds is 7. The van der Waals surface area contributed by atoms with Gasteiger partial charge in [0.15, 0.2) is 0 Å². The van der Waals surface area contributed by atoms with E-state index in [0.29, 0.717) is 6.54 Å². The number of hydrogen-bond acceptors (Lipinski definition) is 2. The molecule has 0 unspecified atom stereocenters. The zero-order valence-electron chi connectivity index (χ0n) is 18.4. The number of carbonyl (C=O) groups is 1. The molecule has 0 N–H and O–H groups in total. The second kappa shape index (κ2) is 10.4. The molecule has 1 saturated heterocycles. The summed E-state index contributed by atoms with van der Waals surface area (Å²) < 4.78 is 0. The van der Waals surface area contributed by atoms with Crippen LogP contribution in [-0.4, -0.2) is 35.8 Å². The maximum atomic E-state index is 12.9. The summed E-state index contributed by atoms with van der Waals surface area (Å²) >= 11 is 0. The van der Waals surface area contributed by atoms with E-state index in [1.54, 1.807) is 4.90 Å². The molecule has 3 nitrogen and oxygen atoms in total. The van der Waals surface area contributed by atoms with Crippen LogP contribution in [0.15, 0.2) is 84.9 Å². The fraction of sp³-hybridized carbons (Fsp3) is 0.321. The summed E-state index contributed by atoms with van der Waals surface area (Å²) in [4.78, 5) is 17.2. The van der Waals surface area contributed by atoms with Gasteiger partial charge in [0.25, 0.3) is 5.91 Å². The summed E-state index contributed by atoms with van der Waals surface area (Å²) in [6.07, 6.45) is 3.67. The third-order valence-corrected chi connectivity index (χ3v) is 6.26. The highest BCUT2D eigenvalue weighted by Crippen LogP contribution is 2.23. The number of piperidine rings is 1. The first-order valence-electron chi connectivity index (χ1n) is 11.3. The topological polar surface area (TPSA) is 23.6 Å². The fourth-order valence-corrected chi connectivity index (χ4v) is 4.51. The molecule has 1 aliphatic heterocycles. The van der Waals surface area contributed by atoms with Crippen molar-refractivity contribution in [3.63, 3.8) is 0 Å². The maximum absolute atomic E-state index is 12.9. The molecule has 1 fully saturated rings. The van der Waals surface area contributed by atoms with Crippen molar-refractivity contribution in [3.8, 4) is 0 Å². The summed E-state index contributed by atoms with van der Waals surface area (Å²) in [5.41, 5.74) is 4.59. The lowest BCUT2D eigenvalue weighted by atomic mass is 9.90. The monoisotopic (exact) mass is 412 g/mol. The van der Waals surface area contributed by atoms with Gasteiger partial charge in [-0.2, -0.15) is 0 Å². The molecule has 0 spiro atoms. The van der Waals surface area contributed by atoms with Gasteiger partial charge in [0, 0.05) is 25.7 Å². The smallest absolute Gasteiger partial charge is 0.253 e. The minimum absolute atomic E-state index is 0.0762. The van der Waals surface area contributed by atoms with Crippen molar-refractivity contribution in [2.75, 3.05) is 20.1 Å². The second-order valence-corrected chi connectivity index (χ2v) is 8.76.